The van der Waals surface area contributed by atoms with E-state index in [4.69, 9.17) is 0 Å². The Kier molecular flexibility index (Phi) is 3.92. The number of hydrogen-bond acceptors (Lipinski definition) is 2. The normalized spacial score (nSPS) is 24.1. The van der Waals surface area contributed by atoms with Crippen molar-refractivity contribution in [1.82, 2.24) is 4.90 Å². The maximum Gasteiger partial charge on any atom is 0.390 e. The van der Waals surface area contributed by atoms with Crippen molar-refractivity contribution in [2.24, 2.45) is 5.92 Å². The number of likely N-dealkylation sites (tertiary alicyclic amines) is 1. The van der Waals surface area contributed by atoms with E-state index in [-0.39, 0.29) is 12.5 Å². The minimum atomic E-state index is -4.07. The fraction of sp³-hybridized carbons (Fsp3) is 0.889. The van der Waals surface area contributed by atoms with Crippen molar-refractivity contribution >= 4 is 6.29 Å². The van der Waals surface area contributed by atoms with Gasteiger partial charge in [-0.1, -0.05) is 0 Å². The van der Waals surface area contributed by atoms with E-state index < -0.39 is 12.6 Å². The number of alkyl halides is 3. The first-order chi connectivity index (χ1) is 6.51. The predicted octanol–water partition coefficient (Wildman–Crippen LogP) is 1.85. The molecule has 1 heterocycles. The molecule has 1 saturated heterocycles. The maximum atomic E-state index is 11.9. The highest BCUT2D eigenvalue weighted by Gasteiger charge is 2.30. The Morgan fingerprint density at radius 1 is 1.43 bits per heavy atom. The maximum absolute atomic E-state index is 11.9. The molecule has 82 valence electrons. The number of aldehydes is 1. The molecule has 5 heteroatoms. The van der Waals surface area contributed by atoms with Crippen molar-refractivity contribution in [3.63, 3.8) is 0 Å². The van der Waals surface area contributed by atoms with Gasteiger partial charge in [0.15, 0.2) is 0 Å². The van der Waals surface area contributed by atoms with Crippen LogP contribution in [0.3, 0.4) is 0 Å². The molecule has 0 aromatic heterocycles. The third-order valence-electron chi connectivity index (χ3n) is 2.51. The standard InChI is InChI=1S/C9H14F3NO/c10-9(11,12)3-5-13-4-1-8(7-13)2-6-14/h6,8H,1-5,7H2. The van der Waals surface area contributed by atoms with Gasteiger partial charge in [-0.25, -0.2) is 0 Å². The van der Waals surface area contributed by atoms with Crippen molar-refractivity contribution in [2.45, 2.75) is 25.4 Å². The SMILES string of the molecule is O=CCC1CCN(CCC(F)(F)F)C1. The van der Waals surface area contributed by atoms with Crippen molar-refractivity contribution in [3.05, 3.63) is 0 Å². The molecule has 0 bridgehead atoms. The molecule has 0 aromatic rings. The Labute approximate surface area is 81.1 Å². The van der Waals surface area contributed by atoms with Crippen molar-refractivity contribution in [2.75, 3.05) is 19.6 Å². The molecule has 1 aliphatic rings. The van der Waals surface area contributed by atoms with Crippen LogP contribution >= 0.6 is 0 Å². The molecule has 0 spiro atoms. The highest BCUT2D eigenvalue weighted by atomic mass is 19.4. The summed E-state index contributed by atoms with van der Waals surface area (Å²) in [6, 6.07) is 0. The smallest absolute Gasteiger partial charge is 0.303 e. The minimum absolute atomic E-state index is 0.0683. The Morgan fingerprint density at radius 3 is 2.71 bits per heavy atom. The first-order valence-electron chi connectivity index (χ1n) is 4.74. The summed E-state index contributed by atoms with van der Waals surface area (Å²) in [6.07, 6.45) is -2.65. The second-order valence-corrected chi connectivity index (χ2v) is 3.72. The van der Waals surface area contributed by atoms with Crippen LogP contribution in [0.2, 0.25) is 0 Å². The molecule has 0 amide bonds. The number of halogens is 3. The number of carbonyl (C=O) groups is 1. The number of carbonyl (C=O) groups excluding carboxylic acids is 1. The minimum Gasteiger partial charge on any atom is -0.303 e. The zero-order chi connectivity index (χ0) is 10.6. The molecule has 0 saturated carbocycles. The molecular formula is C9H14F3NO. The first kappa shape index (κ1) is 11.5. The molecule has 0 N–H and O–H groups in total. The van der Waals surface area contributed by atoms with E-state index in [1.54, 1.807) is 4.90 Å². The second kappa shape index (κ2) is 4.77. The lowest BCUT2D eigenvalue weighted by Gasteiger charge is -2.16. The summed E-state index contributed by atoms with van der Waals surface area (Å²) in [5.41, 5.74) is 0. The Morgan fingerprint density at radius 2 is 2.14 bits per heavy atom. The molecule has 0 aromatic carbocycles. The van der Waals surface area contributed by atoms with Crippen LogP contribution in [0.4, 0.5) is 13.2 Å². The monoisotopic (exact) mass is 209 g/mol. The van der Waals surface area contributed by atoms with Crippen LogP contribution in [0.1, 0.15) is 19.3 Å². The molecule has 1 aliphatic heterocycles. The van der Waals surface area contributed by atoms with Crippen molar-refractivity contribution in [1.29, 1.82) is 0 Å². The van der Waals surface area contributed by atoms with Gasteiger partial charge in [0.05, 0.1) is 6.42 Å². The molecule has 14 heavy (non-hydrogen) atoms. The molecule has 1 fully saturated rings. The Bertz CT molecular complexity index is 193. The fourth-order valence-electron chi connectivity index (χ4n) is 1.73. The van der Waals surface area contributed by atoms with Crippen LogP contribution < -0.4 is 0 Å². The van der Waals surface area contributed by atoms with Gasteiger partial charge < -0.3 is 9.69 Å². The zero-order valence-corrected chi connectivity index (χ0v) is 7.89. The quantitative estimate of drug-likeness (QED) is 0.658. The number of hydrogen-bond donors (Lipinski definition) is 0. The average molecular weight is 209 g/mol. The molecule has 2 nitrogen and oxygen atoms in total. The Balaban J connectivity index is 2.19. The average Bonchev–Trinajstić information content (AvgIpc) is 2.49. The van der Waals surface area contributed by atoms with E-state index in [2.05, 4.69) is 0 Å². The summed E-state index contributed by atoms with van der Waals surface area (Å²) < 4.78 is 35.6. The summed E-state index contributed by atoms with van der Waals surface area (Å²) in [5.74, 6) is 0.265. The van der Waals surface area contributed by atoms with Gasteiger partial charge in [0, 0.05) is 19.5 Å². The van der Waals surface area contributed by atoms with Gasteiger partial charge in [-0.3, -0.25) is 0 Å². The van der Waals surface area contributed by atoms with Gasteiger partial charge in [0.1, 0.15) is 6.29 Å². The van der Waals surface area contributed by atoms with Gasteiger partial charge in [0.25, 0.3) is 0 Å². The largest absolute Gasteiger partial charge is 0.390 e. The predicted molar refractivity (Wildman–Crippen MR) is 45.9 cm³/mol. The van der Waals surface area contributed by atoms with E-state index in [1.165, 1.54) is 0 Å². The highest BCUT2D eigenvalue weighted by Crippen LogP contribution is 2.23. The lowest BCUT2D eigenvalue weighted by molar-refractivity contribution is -0.137. The summed E-state index contributed by atoms with van der Waals surface area (Å²) >= 11 is 0. The molecular weight excluding hydrogens is 195 g/mol. The number of rotatable bonds is 4. The van der Waals surface area contributed by atoms with Crippen LogP contribution in [0.5, 0.6) is 0 Å². The van der Waals surface area contributed by atoms with Crippen molar-refractivity contribution < 1.29 is 18.0 Å². The summed E-state index contributed by atoms with van der Waals surface area (Å²) in [6.45, 7) is 1.39. The lowest BCUT2D eigenvalue weighted by Crippen LogP contribution is -2.26. The molecule has 0 radical (unpaired) electrons. The molecule has 1 unspecified atom stereocenters. The van der Waals surface area contributed by atoms with Crippen molar-refractivity contribution in [3.8, 4) is 0 Å². The third-order valence-corrected chi connectivity index (χ3v) is 2.51. The fourth-order valence-corrected chi connectivity index (χ4v) is 1.73. The van der Waals surface area contributed by atoms with Crippen LogP contribution in [0.15, 0.2) is 0 Å². The topological polar surface area (TPSA) is 20.3 Å². The van der Waals surface area contributed by atoms with E-state index in [9.17, 15) is 18.0 Å². The lowest BCUT2D eigenvalue weighted by atomic mass is 10.1. The van der Waals surface area contributed by atoms with E-state index in [0.29, 0.717) is 19.5 Å². The summed E-state index contributed by atoms with van der Waals surface area (Å²) in [4.78, 5) is 12.0. The van der Waals surface area contributed by atoms with Crippen LogP contribution in [-0.4, -0.2) is 37.0 Å². The summed E-state index contributed by atoms with van der Waals surface area (Å²) in [7, 11) is 0. The van der Waals surface area contributed by atoms with E-state index >= 15 is 0 Å². The van der Waals surface area contributed by atoms with Gasteiger partial charge in [-0.2, -0.15) is 13.2 Å². The third kappa shape index (κ3) is 4.09. The first-order valence-corrected chi connectivity index (χ1v) is 4.74. The molecule has 0 aliphatic carbocycles. The Hall–Kier alpha value is -0.580. The number of nitrogens with zero attached hydrogens (tertiary/aromatic N) is 1. The van der Waals surface area contributed by atoms with Gasteiger partial charge in [-0.15, -0.1) is 0 Å². The van der Waals surface area contributed by atoms with E-state index in [0.717, 1.165) is 12.7 Å². The van der Waals surface area contributed by atoms with Crippen LogP contribution in [0.25, 0.3) is 0 Å². The van der Waals surface area contributed by atoms with Crippen LogP contribution in [-0.2, 0) is 4.79 Å². The zero-order valence-electron chi connectivity index (χ0n) is 7.89. The molecule has 1 rings (SSSR count). The van der Waals surface area contributed by atoms with Gasteiger partial charge in [-0.05, 0) is 18.9 Å². The summed E-state index contributed by atoms with van der Waals surface area (Å²) in [5, 5.41) is 0. The van der Waals surface area contributed by atoms with Gasteiger partial charge >= 0.3 is 6.18 Å². The van der Waals surface area contributed by atoms with Gasteiger partial charge in [0.2, 0.25) is 0 Å². The molecule has 1 atom stereocenters. The highest BCUT2D eigenvalue weighted by molar-refractivity contribution is 5.49. The van der Waals surface area contributed by atoms with E-state index in [1.807, 2.05) is 0 Å². The second-order valence-electron chi connectivity index (χ2n) is 3.72. The van der Waals surface area contributed by atoms with Crippen LogP contribution in [0, 0.1) is 5.92 Å².